The molecule has 3 rings (SSSR count). The van der Waals surface area contributed by atoms with Crippen molar-refractivity contribution >= 4 is 0 Å². The van der Waals surface area contributed by atoms with E-state index in [-0.39, 0.29) is 0 Å². The molecule has 0 fully saturated rings. The molecule has 0 aromatic heterocycles. The molecule has 0 amide bonds. The number of nitrogens with one attached hydrogen (secondary N) is 1. The van der Waals surface area contributed by atoms with Gasteiger partial charge in [0.15, 0.2) is 0 Å². The molecule has 1 N–H and O–H groups in total. The van der Waals surface area contributed by atoms with Crippen molar-refractivity contribution in [2.45, 2.75) is 64.3 Å². The maximum absolute atomic E-state index is 3.75. The van der Waals surface area contributed by atoms with Crippen LogP contribution >= 0.6 is 0 Å². The van der Waals surface area contributed by atoms with E-state index in [1.807, 2.05) is 0 Å². The lowest BCUT2D eigenvalue weighted by molar-refractivity contribution is 0.457. The fourth-order valence-electron chi connectivity index (χ4n) is 3.75. The molecule has 0 radical (unpaired) electrons. The van der Waals surface area contributed by atoms with Gasteiger partial charge in [0.2, 0.25) is 0 Å². The Hall–Kier alpha value is -1.08. The molecule has 1 aliphatic heterocycles. The number of aryl methyl sites for hydroxylation is 2. The van der Waals surface area contributed by atoms with Gasteiger partial charge >= 0.3 is 0 Å². The third kappa shape index (κ3) is 3.15. The average Bonchev–Trinajstić information content (AvgIpc) is 2.53. The molecule has 1 nitrogen and oxygen atoms in total. The summed E-state index contributed by atoms with van der Waals surface area (Å²) >= 11 is 0. The normalized spacial score (nSPS) is 22.8. The highest BCUT2D eigenvalue weighted by molar-refractivity contribution is 5.27. The number of hydrogen-bond donors (Lipinski definition) is 1. The first-order valence-corrected chi connectivity index (χ1v) is 8.39. The van der Waals surface area contributed by atoms with Crippen LogP contribution in [0.25, 0.3) is 0 Å². The van der Waals surface area contributed by atoms with E-state index in [9.17, 15) is 0 Å². The molecular weight excluding hydrogens is 242 g/mol. The van der Waals surface area contributed by atoms with Crippen LogP contribution in [0.15, 0.2) is 35.4 Å². The van der Waals surface area contributed by atoms with E-state index in [4.69, 9.17) is 0 Å². The van der Waals surface area contributed by atoms with Crippen LogP contribution in [0, 0.1) is 0 Å². The summed E-state index contributed by atoms with van der Waals surface area (Å²) in [6, 6.07) is 9.87. The molecule has 0 saturated carbocycles. The highest BCUT2D eigenvalue weighted by atomic mass is 14.9. The highest BCUT2D eigenvalue weighted by Gasteiger charge is 2.23. The Balaban J connectivity index is 1.62. The second kappa shape index (κ2) is 6.58. The summed E-state index contributed by atoms with van der Waals surface area (Å²) in [5, 5.41) is 3.75. The molecule has 108 valence electrons. The Morgan fingerprint density at radius 2 is 1.75 bits per heavy atom. The van der Waals surface area contributed by atoms with Crippen molar-refractivity contribution in [3.05, 3.63) is 46.5 Å². The minimum atomic E-state index is 0.657. The molecule has 1 heteroatoms. The number of benzene rings is 1. The third-order valence-electron chi connectivity index (χ3n) is 5.02. The van der Waals surface area contributed by atoms with Gasteiger partial charge in [-0.25, -0.2) is 0 Å². The summed E-state index contributed by atoms with van der Waals surface area (Å²) in [7, 11) is 0. The molecule has 1 atom stereocenters. The minimum Gasteiger partial charge on any atom is -0.310 e. The average molecular weight is 269 g/mol. The predicted molar refractivity (Wildman–Crippen MR) is 86.0 cm³/mol. The Kier molecular flexibility index (Phi) is 4.57. The van der Waals surface area contributed by atoms with E-state index >= 15 is 0 Å². The van der Waals surface area contributed by atoms with Gasteiger partial charge in [0.05, 0.1) is 0 Å². The molecule has 1 unspecified atom stereocenters. The first-order valence-electron chi connectivity index (χ1n) is 8.39. The van der Waals surface area contributed by atoms with Crippen LogP contribution in [0.5, 0.6) is 0 Å². The number of rotatable bonds is 4. The van der Waals surface area contributed by atoms with Gasteiger partial charge in [-0.15, -0.1) is 0 Å². The standard InChI is InChI=1S/C19H27N/c1-2-15-7-9-16(10-8-15)11-12-19-18-6-4-3-5-17(18)13-14-20-19/h7-10,19-20H,2-6,11-14H2,1H3. The third-order valence-corrected chi connectivity index (χ3v) is 5.02. The summed E-state index contributed by atoms with van der Waals surface area (Å²) < 4.78 is 0. The topological polar surface area (TPSA) is 12.0 Å². The van der Waals surface area contributed by atoms with E-state index in [1.54, 1.807) is 11.1 Å². The van der Waals surface area contributed by atoms with Crippen molar-refractivity contribution in [3.63, 3.8) is 0 Å². The first kappa shape index (κ1) is 13.9. The Bertz CT molecular complexity index is 465. The summed E-state index contributed by atoms with van der Waals surface area (Å²) in [6.45, 7) is 3.41. The summed E-state index contributed by atoms with van der Waals surface area (Å²) in [6.07, 6.45) is 10.5. The maximum atomic E-state index is 3.75. The summed E-state index contributed by atoms with van der Waals surface area (Å²) in [5.74, 6) is 0. The number of hydrogen-bond acceptors (Lipinski definition) is 1. The van der Waals surface area contributed by atoms with E-state index in [1.165, 1.54) is 62.6 Å². The van der Waals surface area contributed by atoms with Gasteiger partial charge in [0, 0.05) is 6.04 Å². The van der Waals surface area contributed by atoms with Gasteiger partial charge in [-0.3, -0.25) is 0 Å². The molecule has 20 heavy (non-hydrogen) atoms. The van der Waals surface area contributed by atoms with Crippen molar-refractivity contribution in [2.24, 2.45) is 0 Å². The molecule has 1 heterocycles. The molecule has 1 aromatic rings. The van der Waals surface area contributed by atoms with Crippen molar-refractivity contribution in [1.29, 1.82) is 0 Å². The lowest BCUT2D eigenvalue weighted by atomic mass is 9.82. The van der Waals surface area contributed by atoms with Crippen LogP contribution in [-0.2, 0) is 12.8 Å². The van der Waals surface area contributed by atoms with Crippen molar-refractivity contribution < 1.29 is 0 Å². The Labute approximate surface area is 123 Å². The van der Waals surface area contributed by atoms with Gasteiger partial charge in [-0.1, -0.05) is 42.3 Å². The van der Waals surface area contributed by atoms with Crippen molar-refractivity contribution in [1.82, 2.24) is 5.32 Å². The van der Waals surface area contributed by atoms with Crippen molar-refractivity contribution in [2.75, 3.05) is 6.54 Å². The van der Waals surface area contributed by atoms with Crippen LogP contribution in [-0.4, -0.2) is 12.6 Å². The van der Waals surface area contributed by atoms with Gasteiger partial charge in [-0.2, -0.15) is 0 Å². The van der Waals surface area contributed by atoms with E-state index in [0.717, 1.165) is 6.42 Å². The molecule has 0 saturated heterocycles. The smallest absolute Gasteiger partial charge is 0.0285 e. The first-order chi connectivity index (χ1) is 9.86. The molecular formula is C19H27N. The van der Waals surface area contributed by atoms with E-state index < -0.39 is 0 Å². The monoisotopic (exact) mass is 269 g/mol. The van der Waals surface area contributed by atoms with Crippen LogP contribution in [0.4, 0.5) is 0 Å². The van der Waals surface area contributed by atoms with Crippen LogP contribution in [0.2, 0.25) is 0 Å². The molecule has 1 aromatic carbocycles. The second-order valence-electron chi connectivity index (χ2n) is 6.30. The van der Waals surface area contributed by atoms with E-state index in [0.29, 0.717) is 6.04 Å². The van der Waals surface area contributed by atoms with Gasteiger partial charge < -0.3 is 5.32 Å². The van der Waals surface area contributed by atoms with Crippen LogP contribution in [0.1, 0.15) is 56.6 Å². The van der Waals surface area contributed by atoms with Gasteiger partial charge in [0.1, 0.15) is 0 Å². The lowest BCUT2D eigenvalue weighted by Crippen LogP contribution is -2.37. The molecule has 0 bridgehead atoms. The van der Waals surface area contributed by atoms with Crippen LogP contribution in [0.3, 0.4) is 0 Å². The fraction of sp³-hybridized carbons (Fsp3) is 0.579. The van der Waals surface area contributed by atoms with Crippen molar-refractivity contribution in [3.8, 4) is 0 Å². The highest BCUT2D eigenvalue weighted by Crippen LogP contribution is 2.32. The predicted octanol–water partition coefficient (Wildman–Crippen LogP) is 4.41. The zero-order valence-electron chi connectivity index (χ0n) is 12.8. The van der Waals surface area contributed by atoms with Gasteiger partial charge in [-0.05, 0) is 69.0 Å². The second-order valence-corrected chi connectivity index (χ2v) is 6.30. The summed E-state index contributed by atoms with van der Waals surface area (Å²) in [5.41, 5.74) is 6.50. The van der Waals surface area contributed by atoms with Gasteiger partial charge in [0.25, 0.3) is 0 Å². The zero-order valence-corrected chi connectivity index (χ0v) is 12.8. The van der Waals surface area contributed by atoms with E-state index in [2.05, 4.69) is 36.5 Å². The largest absolute Gasteiger partial charge is 0.310 e. The molecule has 2 aliphatic rings. The summed E-state index contributed by atoms with van der Waals surface area (Å²) in [4.78, 5) is 0. The quantitative estimate of drug-likeness (QED) is 0.798. The Morgan fingerprint density at radius 1 is 1.00 bits per heavy atom. The SMILES string of the molecule is CCc1ccc(CCC2NCCC3=C2CCCC3)cc1. The molecule has 1 aliphatic carbocycles. The minimum absolute atomic E-state index is 0.657. The fourth-order valence-corrected chi connectivity index (χ4v) is 3.75. The van der Waals surface area contributed by atoms with Crippen LogP contribution < -0.4 is 5.32 Å². The molecule has 0 spiro atoms. The maximum Gasteiger partial charge on any atom is 0.0285 e. The zero-order chi connectivity index (χ0) is 13.8. The lowest BCUT2D eigenvalue weighted by Gasteiger charge is -2.33. The Morgan fingerprint density at radius 3 is 2.55 bits per heavy atom.